The van der Waals surface area contributed by atoms with E-state index >= 15 is 0 Å². The Kier molecular flexibility index (Phi) is 5.29. The first-order chi connectivity index (χ1) is 11.8. The zero-order valence-electron chi connectivity index (χ0n) is 13.5. The third-order valence-corrected chi connectivity index (χ3v) is 4.21. The molecule has 4 heteroatoms. The number of hydrogen-bond donors (Lipinski definition) is 3. The highest BCUT2D eigenvalue weighted by Gasteiger charge is 2.13. The minimum absolute atomic E-state index is 0.0322. The van der Waals surface area contributed by atoms with Crippen LogP contribution in [0, 0.1) is 0 Å². The fourth-order valence-corrected chi connectivity index (χ4v) is 2.95. The van der Waals surface area contributed by atoms with Gasteiger partial charge in [-0.3, -0.25) is 4.79 Å². The van der Waals surface area contributed by atoms with Gasteiger partial charge in [0, 0.05) is 23.5 Å². The van der Waals surface area contributed by atoms with Crippen LogP contribution in [0.5, 0.6) is 0 Å². The number of rotatable bonds is 7. The molecule has 1 unspecified atom stereocenters. The summed E-state index contributed by atoms with van der Waals surface area (Å²) < 4.78 is 0. The SMILES string of the molecule is O=C(CCc1c[nH]c2ccccc12)NC(CO)Cc1ccccc1. The van der Waals surface area contributed by atoms with Gasteiger partial charge in [-0.25, -0.2) is 0 Å². The van der Waals surface area contributed by atoms with Crippen LogP contribution in [0.1, 0.15) is 17.5 Å². The molecule has 0 aliphatic carbocycles. The Morgan fingerprint density at radius 1 is 1.08 bits per heavy atom. The lowest BCUT2D eigenvalue weighted by Gasteiger charge is -2.16. The highest BCUT2D eigenvalue weighted by atomic mass is 16.3. The second kappa shape index (κ2) is 7.79. The minimum Gasteiger partial charge on any atom is -0.394 e. The van der Waals surface area contributed by atoms with Crippen molar-refractivity contribution >= 4 is 16.8 Å². The van der Waals surface area contributed by atoms with Gasteiger partial charge in [-0.1, -0.05) is 48.5 Å². The first-order valence-corrected chi connectivity index (χ1v) is 8.25. The molecule has 1 atom stereocenters. The van der Waals surface area contributed by atoms with E-state index in [-0.39, 0.29) is 18.6 Å². The number of benzene rings is 2. The van der Waals surface area contributed by atoms with Crippen LogP contribution in [0.4, 0.5) is 0 Å². The molecule has 24 heavy (non-hydrogen) atoms. The average molecular weight is 322 g/mol. The van der Waals surface area contributed by atoms with Gasteiger partial charge in [0.2, 0.25) is 5.91 Å². The Hall–Kier alpha value is -2.59. The van der Waals surface area contributed by atoms with Crippen molar-refractivity contribution in [3.05, 3.63) is 71.9 Å². The maximum atomic E-state index is 12.2. The van der Waals surface area contributed by atoms with Gasteiger partial charge < -0.3 is 15.4 Å². The zero-order valence-corrected chi connectivity index (χ0v) is 13.5. The van der Waals surface area contributed by atoms with Crippen molar-refractivity contribution in [3.8, 4) is 0 Å². The van der Waals surface area contributed by atoms with E-state index < -0.39 is 0 Å². The molecule has 4 nitrogen and oxygen atoms in total. The van der Waals surface area contributed by atoms with Crippen molar-refractivity contribution in [1.29, 1.82) is 0 Å². The quantitative estimate of drug-likeness (QED) is 0.626. The van der Waals surface area contributed by atoms with E-state index in [2.05, 4.69) is 16.4 Å². The summed E-state index contributed by atoms with van der Waals surface area (Å²) in [7, 11) is 0. The molecule has 0 bridgehead atoms. The Balaban J connectivity index is 1.54. The number of fused-ring (bicyclic) bond motifs is 1. The Morgan fingerprint density at radius 2 is 1.83 bits per heavy atom. The van der Waals surface area contributed by atoms with E-state index in [1.807, 2.05) is 54.7 Å². The van der Waals surface area contributed by atoms with Crippen LogP contribution in [0.2, 0.25) is 0 Å². The number of aromatic amines is 1. The van der Waals surface area contributed by atoms with Crippen molar-refractivity contribution in [1.82, 2.24) is 10.3 Å². The second-order valence-corrected chi connectivity index (χ2v) is 6.00. The average Bonchev–Trinajstić information content (AvgIpc) is 3.03. The first-order valence-electron chi connectivity index (χ1n) is 8.25. The van der Waals surface area contributed by atoms with Crippen molar-refractivity contribution in [3.63, 3.8) is 0 Å². The molecule has 124 valence electrons. The zero-order chi connectivity index (χ0) is 16.8. The van der Waals surface area contributed by atoms with Gasteiger partial charge in [-0.05, 0) is 30.0 Å². The highest BCUT2D eigenvalue weighted by Crippen LogP contribution is 2.18. The van der Waals surface area contributed by atoms with Gasteiger partial charge in [0.15, 0.2) is 0 Å². The molecular weight excluding hydrogens is 300 g/mol. The summed E-state index contributed by atoms with van der Waals surface area (Å²) in [5, 5.41) is 13.6. The van der Waals surface area contributed by atoms with Gasteiger partial charge in [-0.15, -0.1) is 0 Å². The number of aryl methyl sites for hydroxylation is 1. The van der Waals surface area contributed by atoms with E-state index in [9.17, 15) is 9.90 Å². The van der Waals surface area contributed by atoms with Gasteiger partial charge >= 0.3 is 0 Å². The standard InChI is InChI=1S/C20H22N2O2/c23-14-17(12-15-6-2-1-3-7-15)22-20(24)11-10-16-13-21-19-9-5-4-8-18(16)19/h1-9,13,17,21,23H,10-12,14H2,(H,22,24). The third-order valence-electron chi connectivity index (χ3n) is 4.21. The topological polar surface area (TPSA) is 65.1 Å². The summed E-state index contributed by atoms with van der Waals surface area (Å²) in [6, 6.07) is 17.7. The van der Waals surface area contributed by atoms with E-state index in [0.29, 0.717) is 19.3 Å². The van der Waals surface area contributed by atoms with Gasteiger partial charge in [-0.2, -0.15) is 0 Å². The number of carbonyl (C=O) groups is 1. The lowest BCUT2D eigenvalue weighted by molar-refractivity contribution is -0.122. The number of H-pyrrole nitrogens is 1. The number of aromatic nitrogens is 1. The van der Waals surface area contributed by atoms with Crippen LogP contribution in [0.15, 0.2) is 60.8 Å². The molecule has 3 aromatic rings. The lowest BCUT2D eigenvalue weighted by atomic mass is 10.1. The van der Waals surface area contributed by atoms with Gasteiger partial charge in [0.1, 0.15) is 0 Å². The maximum Gasteiger partial charge on any atom is 0.220 e. The predicted octanol–water partition coefficient (Wildman–Crippen LogP) is 2.82. The lowest BCUT2D eigenvalue weighted by Crippen LogP contribution is -2.39. The van der Waals surface area contributed by atoms with E-state index in [4.69, 9.17) is 0 Å². The summed E-state index contributed by atoms with van der Waals surface area (Å²) in [5.41, 5.74) is 3.34. The number of hydrogen-bond acceptors (Lipinski definition) is 2. The largest absolute Gasteiger partial charge is 0.394 e. The third kappa shape index (κ3) is 4.03. The molecule has 0 fully saturated rings. The van der Waals surface area contributed by atoms with Crippen molar-refractivity contribution in [2.45, 2.75) is 25.3 Å². The van der Waals surface area contributed by atoms with Gasteiger partial charge in [0.25, 0.3) is 0 Å². The summed E-state index contributed by atoms with van der Waals surface area (Å²) >= 11 is 0. The summed E-state index contributed by atoms with van der Waals surface area (Å²) in [4.78, 5) is 15.4. The molecule has 0 radical (unpaired) electrons. The normalized spacial score (nSPS) is 12.2. The molecule has 1 aromatic heterocycles. The molecular formula is C20H22N2O2. The number of aliphatic hydroxyl groups is 1. The number of amides is 1. The molecule has 0 saturated heterocycles. The molecule has 1 amide bonds. The molecule has 3 rings (SSSR count). The summed E-state index contributed by atoms with van der Waals surface area (Å²) in [6.07, 6.45) is 3.69. The minimum atomic E-state index is -0.247. The van der Waals surface area contributed by atoms with Crippen LogP contribution < -0.4 is 5.32 Å². The monoisotopic (exact) mass is 322 g/mol. The molecule has 0 aliphatic rings. The molecule has 3 N–H and O–H groups in total. The molecule has 0 spiro atoms. The van der Waals surface area contributed by atoms with E-state index in [1.54, 1.807) is 0 Å². The summed E-state index contributed by atoms with van der Waals surface area (Å²) in [5.74, 6) is -0.0322. The highest BCUT2D eigenvalue weighted by molar-refractivity contribution is 5.84. The van der Waals surface area contributed by atoms with Crippen LogP contribution in [-0.2, 0) is 17.6 Å². The number of carbonyl (C=O) groups excluding carboxylic acids is 1. The van der Waals surface area contributed by atoms with Crippen LogP contribution >= 0.6 is 0 Å². The van der Waals surface area contributed by atoms with Crippen LogP contribution in [-0.4, -0.2) is 28.6 Å². The number of nitrogens with one attached hydrogen (secondary N) is 2. The van der Waals surface area contributed by atoms with Crippen LogP contribution in [0.3, 0.4) is 0 Å². The number of para-hydroxylation sites is 1. The fraction of sp³-hybridized carbons (Fsp3) is 0.250. The first kappa shape index (κ1) is 16.3. The fourth-order valence-electron chi connectivity index (χ4n) is 2.95. The Morgan fingerprint density at radius 3 is 2.62 bits per heavy atom. The Labute approximate surface area is 141 Å². The van der Waals surface area contributed by atoms with Crippen molar-refractivity contribution in [2.24, 2.45) is 0 Å². The molecule has 0 aliphatic heterocycles. The Bertz CT molecular complexity index is 796. The smallest absolute Gasteiger partial charge is 0.220 e. The second-order valence-electron chi connectivity index (χ2n) is 6.00. The van der Waals surface area contributed by atoms with Crippen molar-refractivity contribution in [2.75, 3.05) is 6.61 Å². The van der Waals surface area contributed by atoms with E-state index in [0.717, 1.165) is 22.0 Å². The van der Waals surface area contributed by atoms with E-state index in [1.165, 1.54) is 0 Å². The molecule has 0 saturated carbocycles. The van der Waals surface area contributed by atoms with Crippen molar-refractivity contribution < 1.29 is 9.90 Å². The number of aliphatic hydroxyl groups excluding tert-OH is 1. The molecule has 1 heterocycles. The summed E-state index contributed by atoms with van der Waals surface area (Å²) in [6.45, 7) is -0.0618. The van der Waals surface area contributed by atoms with Gasteiger partial charge in [0.05, 0.1) is 12.6 Å². The predicted molar refractivity (Wildman–Crippen MR) is 95.8 cm³/mol. The van der Waals surface area contributed by atoms with Crippen LogP contribution in [0.25, 0.3) is 10.9 Å². The molecule has 2 aromatic carbocycles. The maximum absolute atomic E-state index is 12.2.